The molecule has 0 bridgehead atoms. The second-order valence-electron chi connectivity index (χ2n) is 9.49. The van der Waals surface area contributed by atoms with Crippen LogP contribution >= 0.6 is 11.6 Å². The number of methoxy groups -OCH3 is 2. The molecule has 8 heteroatoms. The van der Waals surface area contributed by atoms with Gasteiger partial charge in [-0.15, -0.1) is 0 Å². The number of hydrogen-bond acceptors (Lipinski definition) is 5. The molecule has 0 aromatic heterocycles. The van der Waals surface area contributed by atoms with Crippen LogP contribution in [-0.2, 0) is 23.0 Å². The monoisotopic (exact) mass is 587 g/mol. The Kier molecular flexibility index (Phi) is 8.78. The lowest BCUT2D eigenvalue weighted by Gasteiger charge is -2.23. The van der Waals surface area contributed by atoms with E-state index in [1.54, 1.807) is 50.6 Å². The second-order valence-corrected chi connectivity index (χ2v) is 11.9. The van der Waals surface area contributed by atoms with Gasteiger partial charge < -0.3 is 14.2 Å². The molecule has 0 amide bonds. The highest BCUT2D eigenvalue weighted by molar-refractivity contribution is 7.89. The van der Waals surface area contributed by atoms with E-state index in [4.69, 9.17) is 25.8 Å². The van der Waals surface area contributed by atoms with Crippen LogP contribution in [0.15, 0.2) is 114 Å². The van der Waals surface area contributed by atoms with E-state index in [0.29, 0.717) is 34.4 Å². The first-order valence-corrected chi connectivity index (χ1v) is 14.9. The van der Waals surface area contributed by atoms with Crippen LogP contribution in [0, 0.1) is 0 Å². The van der Waals surface area contributed by atoms with Gasteiger partial charge in [0.2, 0.25) is 10.0 Å². The lowest BCUT2D eigenvalue weighted by Crippen LogP contribution is -2.32. The van der Waals surface area contributed by atoms with Crippen molar-refractivity contribution in [2.45, 2.75) is 17.9 Å². The van der Waals surface area contributed by atoms with Crippen LogP contribution in [0.3, 0.4) is 0 Å². The Bertz CT molecular complexity index is 1760. The van der Waals surface area contributed by atoms with Gasteiger partial charge in [-0.05, 0) is 89.0 Å². The third-order valence-electron chi connectivity index (χ3n) is 6.76. The quantitative estimate of drug-likeness (QED) is 0.158. The SMILES string of the molecule is COc1ccc(CCN(Cc2cccc(Oc3ccc(Cl)cc3)c2)S(=O)(=O)c2ccc3ccccc3c2)cc1OC. The Labute approximate surface area is 245 Å². The summed E-state index contributed by atoms with van der Waals surface area (Å²) in [5, 5.41) is 2.47. The average Bonchev–Trinajstić information content (AvgIpc) is 3.00. The second kappa shape index (κ2) is 12.6. The molecule has 0 aliphatic carbocycles. The molecule has 5 aromatic rings. The smallest absolute Gasteiger partial charge is 0.243 e. The molecule has 0 aliphatic rings. The number of nitrogens with zero attached hydrogens (tertiary/aromatic N) is 1. The van der Waals surface area contributed by atoms with Crippen molar-refractivity contribution in [3.63, 3.8) is 0 Å². The maximum Gasteiger partial charge on any atom is 0.243 e. The fourth-order valence-corrected chi connectivity index (χ4v) is 6.19. The Morgan fingerprint density at radius 2 is 1.44 bits per heavy atom. The van der Waals surface area contributed by atoms with Gasteiger partial charge in [-0.3, -0.25) is 0 Å². The lowest BCUT2D eigenvalue weighted by molar-refractivity contribution is 0.354. The molecular weight excluding hydrogens is 558 g/mol. The minimum absolute atomic E-state index is 0.167. The van der Waals surface area contributed by atoms with Crippen LogP contribution in [0.2, 0.25) is 5.02 Å². The molecule has 0 aliphatic heterocycles. The van der Waals surface area contributed by atoms with Crippen molar-refractivity contribution < 1.29 is 22.6 Å². The van der Waals surface area contributed by atoms with Crippen molar-refractivity contribution >= 4 is 32.4 Å². The predicted molar refractivity (Wildman–Crippen MR) is 163 cm³/mol. The number of benzene rings is 5. The van der Waals surface area contributed by atoms with E-state index < -0.39 is 10.0 Å². The molecular formula is C33H30ClNO5S. The van der Waals surface area contributed by atoms with Crippen LogP contribution in [0.25, 0.3) is 10.8 Å². The molecule has 0 spiro atoms. The Morgan fingerprint density at radius 1 is 0.683 bits per heavy atom. The molecule has 0 fully saturated rings. The number of halogens is 1. The Balaban J connectivity index is 1.44. The summed E-state index contributed by atoms with van der Waals surface area (Å²) in [6, 6.07) is 33.1. The summed E-state index contributed by atoms with van der Waals surface area (Å²) in [7, 11) is -0.680. The van der Waals surface area contributed by atoms with Gasteiger partial charge in [0.05, 0.1) is 19.1 Å². The van der Waals surface area contributed by atoms with Crippen molar-refractivity contribution in [2.75, 3.05) is 20.8 Å². The molecule has 0 saturated carbocycles. The minimum Gasteiger partial charge on any atom is -0.493 e. The van der Waals surface area contributed by atoms with E-state index in [-0.39, 0.29) is 18.0 Å². The molecule has 0 unspecified atom stereocenters. The highest BCUT2D eigenvalue weighted by Crippen LogP contribution is 2.30. The van der Waals surface area contributed by atoms with Gasteiger partial charge in [-0.25, -0.2) is 8.42 Å². The van der Waals surface area contributed by atoms with Crippen LogP contribution < -0.4 is 14.2 Å². The molecule has 0 radical (unpaired) electrons. The first-order valence-electron chi connectivity index (χ1n) is 13.1. The van der Waals surface area contributed by atoms with Crippen LogP contribution in [-0.4, -0.2) is 33.5 Å². The van der Waals surface area contributed by atoms with E-state index >= 15 is 0 Å². The van der Waals surface area contributed by atoms with E-state index in [2.05, 4.69) is 0 Å². The molecule has 0 atom stereocenters. The van der Waals surface area contributed by atoms with Crippen molar-refractivity contribution in [3.05, 3.63) is 125 Å². The van der Waals surface area contributed by atoms with Gasteiger partial charge in [0.25, 0.3) is 0 Å². The standard InChI is InChI=1S/C33H30ClNO5S/c1-38-32-17-10-24(21-33(32)39-2)18-19-35(41(36,37)31-16-11-26-7-3-4-8-27(26)22-31)23-25-6-5-9-30(20-25)40-29-14-12-28(34)13-15-29/h3-17,20-22H,18-19,23H2,1-2H3. The minimum atomic E-state index is -3.84. The summed E-state index contributed by atoms with van der Waals surface area (Å²) >= 11 is 6.00. The summed E-state index contributed by atoms with van der Waals surface area (Å²) in [5.74, 6) is 2.46. The Hall–Kier alpha value is -4.04. The maximum absolute atomic E-state index is 14.1. The summed E-state index contributed by atoms with van der Waals surface area (Å²) in [4.78, 5) is 0.247. The van der Waals surface area contributed by atoms with E-state index in [1.807, 2.05) is 72.8 Å². The van der Waals surface area contributed by atoms with Crippen molar-refractivity contribution in [1.82, 2.24) is 4.31 Å². The highest BCUT2D eigenvalue weighted by Gasteiger charge is 2.25. The first kappa shape index (κ1) is 28.5. The third kappa shape index (κ3) is 6.82. The molecule has 6 nitrogen and oxygen atoms in total. The molecule has 0 N–H and O–H groups in total. The van der Waals surface area contributed by atoms with Gasteiger partial charge >= 0.3 is 0 Å². The maximum atomic E-state index is 14.1. The van der Waals surface area contributed by atoms with E-state index in [9.17, 15) is 8.42 Å². The zero-order valence-electron chi connectivity index (χ0n) is 22.8. The first-order chi connectivity index (χ1) is 19.9. The molecule has 0 saturated heterocycles. The zero-order chi connectivity index (χ0) is 28.8. The molecule has 5 aromatic carbocycles. The largest absolute Gasteiger partial charge is 0.493 e. The summed E-state index contributed by atoms with van der Waals surface area (Å²) < 4.78 is 46.4. The van der Waals surface area contributed by atoms with Gasteiger partial charge in [0.15, 0.2) is 11.5 Å². The number of rotatable bonds is 11. The zero-order valence-corrected chi connectivity index (χ0v) is 24.4. The topological polar surface area (TPSA) is 65.1 Å². The van der Waals surface area contributed by atoms with E-state index in [1.165, 1.54) is 4.31 Å². The normalized spacial score (nSPS) is 11.5. The van der Waals surface area contributed by atoms with Crippen molar-refractivity contribution in [2.24, 2.45) is 0 Å². The lowest BCUT2D eigenvalue weighted by atomic mass is 10.1. The summed E-state index contributed by atoms with van der Waals surface area (Å²) in [6.07, 6.45) is 0.480. The Morgan fingerprint density at radius 3 is 2.20 bits per heavy atom. The van der Waals surface area contributed by atoms with Gasteiger partial charge in [-0.2, -0.15) is 4.31 Å². The molecule has 210 valence electrons. The van der Waals surface area contributed by atoms with E-state index in [0.717, 1.165) is 21.9 Å². The summed E-state index contributed by atoms with van der Waals surface area (Å²) in [6.45, 7) is 0.424. The van der Waals surface area contributed by atoms with Crippen LogP contribution in [0.4, 0.5) is 0 Å². The molecule has 0 heterocycles. The number of sulfonamides is 1. The number of ether oxygens (including phenoxy) is 3. The fraction of sp³-hybridized carbons (Fsp3) is 0.152. The highest BCUT2D eigenvalue weighted by atomic mass is 35.5. The summed E-state index contributed by atoms with van der Waals surface area (Å²) in [5.41, 5.74) is 1.73. The van der Waals surface area contributed by atoms with Crippen molar-refractivity contribution in [3.8, 4) is 23.0 Å². The fourth-order valence-electron chi connectivity index (χ4n) is 4.60. The van der Waals surface area contributed by atoms with Crippen molar-refractivity contribution in [1.29, 1.82) is 0 Å². The van der Waals surface area contributed by atoms with Crippen LogP contribution in [0.5, 0.6) is 23.0 Å². The number of fused-ring (bicyclic) bond motifs is 1. The predicted octanol–water partition coefficient (Wildman–Crippen LogP) is 7.74. The molecule has 5 rings (SSSR count). The number of hydrogen-bond donors (Lipinski definition) is 0. The average molecular weight is 588 g/mol. The van der Waals surface area contributed by atoms with Gasteiger partial charge in [0, 0.05) is 18.1 Å². The van der Waals surface area contributed by atoms with Gasteiger partial charge in [0.1, 0.15) is 11.5 Å². The third-order valence-corrected chi connectivity index (χ3v) is 8.86. The molecule has 41 heavy (non-hydrogen) atoms. The van der Waals surface area contributed by atoms with Gasteiger partial charge in [-0.1, -0.05) is 60.1 Å². The van der Waals surface area contributed by atoms with Crippen LogP contribution in [0.1, 0.15) is 11.1 Å².